The van der Waals surface area contributed by atoms with Crippen LogP contribution in [0.3, 0.4) is 0 Å². The first-order valence-electron chi connectivity index (χ1n) is 2.78. The second-order valence-electron chi connectivity index (χ2n) is 1.91. The molecular weight excluding hydrogens is 232 g/mol. The summed E-state index contributed by atoms with van der Waals surface area (Å²) in [7, 11) is -1.52. The van der Waals surface area contributed by atoms with Crippen molar-refractivity contribution >= 4 is 40.1 Å². The van der Waals surface area contributed by atoms with Crippen molar-refractivity contribution in [3.63, 3.8) is 0 Å². The molecule has 1 heterocycles. The zero-order valence-electron chi connectivity index (χ0n) is 5.33. The Labute approximate surface area is 77.3 Å². The highest BCUT2D eigenvalue weighted by Gasteiger charge is 2.12. The molecule has 0 radical (unpaired) electrons. The van der Waals surface area contributed by atoms with Gasteiger partial charge in [0.15, 0.2) is 0 Å². The van der Waals surface area contributed by atoms with Crippen LogP contribution in [0.2, 0.25) is 5.02 Å². The van der Waals surface area contributed by atoms with Gasteiger partial charge >= 0.3 is 7.12 Å². The van der Waals surface area contributed by atoms with E-state index < -0.39 is 7.12 Å². The van der Waals surface area contributed by atoms with Gasteiger partial charge in [0, 0.05) is 11.7 Å². The highest BCUT2D eigenvalue weighted by molar-refractivity contribution is 9.10. The Balaban J connectivity index is 3.05. The molecule has 58 valence electrons. The maximum atomic E-state index is 8.68. The Kier molecular flexibility index (Phi) is 2.89. The van der Waals surface area contributed by atoms with E-state index in [1.165, 1.54) is 12.3 Å². The van der Waals surface area contributed by atoms with Crippen molar-refractivity contribution in [2.45, 2.75) is 0 Å². The SMILES string of the molecule is OB(O)c1cnc(Br)c(Cl)c1. The van der Waals surface area contributed by atoms with Crippen molar-refractivity contribution in [2.24, 2.45) is 0 Å². The molecule has 0 fully saturated rings. The fourth-order valence-corrected chi connectivity index (χ4v) is 0.969. The van der Waals surface area contributed by atoms with E-state index in [2.05, 4.69) is 20.9 Å². The van der Waals surface area contributed by atoms with Gasteiger partial charge in [-0.2, -0.15) is 0 Å². The zero-order valence-corrected chi connectivity index (χ0v) is 7.67. The van der Waals surface area contributed by atoms with E-state index in [1.807, 2.05) is 0 Å². The van der Waals surface area contributed by atoms with Gasteiger partial charge in [-0.05, 0) is 22.0 Å². The molecule has 1 rings (SSSR count). The lowest BCUT2D eigenvalue weighted by molar-refractivity contribution is 0.425. The summed E-state index contributed by atoms with van der Waals surface area (Å²) in [6, 6.07) is 1.43. The van der Waals surface area contributed by atoms with E-state index in [-0.39, 0.29) is 5.46 Å². The average molecular weight is 236 g/mol. The Hall–Kier alpha value is -0.0951. The number of nitrogens with zero attached hydrogens (tertiary/aromatic N) is 1. The lowest BCUT2D eigenvalue weighted by Gasteiger charge is -1.99. The molecule has 0 saturated carbocycles. The molecule has 11 heavy (non-hydrogen) atoms. The van der Waals surface area contributed by atoms with Crippen molar-refractivity contribution in [3.8, 4) is 0 Å². The van der Waals surface area contributed by atoms with E-state index in [1.54, 1.807) is 0 Å². The smallest absolute Gasteiger partial charge is 0.423 e. The van der Waals surface area contributed by atoms with Crippen LogP contribution < -0.4 is 5.46 Å². The Morgan fingerprint density at radius 1 is 1.55 bits per heavy atom. The number of hydrogen-bond donors (Lipinski definition) is 2. The van der Waals surface area contributed by atoms with Crippen molar-refractivity contribution in [1.29, 1.82) is 0 Å². The van der Waals surface area contributed by atoms with Crippen LogP contribution in [0.25, 0.3) is 0 Å². The summed E-state index contributed by atoms with van der Waals surface area (Å²) in [4.78, 5) is 3.76. The van der Waals surface area contributed by atoms with Crippen LogP contribution in [0.4, 0.5) is 0 Å². The number of hydrogen-bond acceptors (Lipinski definition) is 3. The maximum Gasteiger partial charge on any atom is 0.490 e. The second kappa shape index (κ2) is 3.54. The van der Waals surface area contributed by atoms with Crippen LogP contribution in [-0.4, -0.2) is 22.2 Å². The van der Waals surface area contributed by atoms with E-state index >= 15 is 0 Å². The third-order valence-electron chi connectivity index (χ3n) is 1.12. The van der Waals surface area contributed by atoms with E-state index in [9.17, 15) is 0 Å². The van der Waals surface area contributed by atoms with Crippen LogP contribution in [0.5, 0.6) is 0 Å². The normalized spacial score (nSPS) is 9.82. The molecule has 0 aromatic carbocycles. The average Bonchev–Trinajstić information content (AvgIpc) is 1.94. The molecule has 0 aliphatic heterocycles. The summed E-state index contributed by atoms with van der Waals surface area (Å²) in [6.45, 7) is 0. The highest BCUT2D eigenvalue weighted by atomic mass is 79.9. The molecule has 1 aromatic heterocycles. The third-order valence-corrected chi connectivity index (χ3v) is 2.26. The first-order valence-corrected chi connectivity index (χ1v) is 3.95. The van der Waals surface area contributed by atoms with E-state index in [0.717, 1.165) is 0 Å². The fraction of sp³-hybridized carbons (Fsp3) is 0. The molecule has 0 spiro atoms. The van der Waals surface area contributed by atoms with Crippen molar-refractivity contribution in [1.82, 2.24) is 4.98 Å². The van der Waals surface area contributed by atoms with Gasteiger partial charge in [-0.25, -0.2) is 4.98 Å². The molecule has 0 atom stereocenters. The van der Waals surface area contributed by atoms with Crippen molar-refractivity contribution < 1.29 is 10.0 Å². The minimum Gasteiger partial charge on any atom is -0.423 e. The summed E-state index contributed by atoms with van der Waals surface area (Å²) < 4.78 is 0.489. The minimum atomic E-state index is -1.52. The van der Waals surface area contributed by atoms with Gasteiger partial charge in [-0.15, -0.1) is 0 Å². The molecule has 0 unspecified atom stereocenters. The molecule has 0 bridgehead atoms. The predicted octanol–water partition coefficient (Wildman–Crippen LogP) is 0.177. The highest BCUT2D eigenvalue weighted by Crippen LogP contribution is 2.16. The van der Waals surface area contributed by atoms with Crippen molar-refractivity contribution in [3.05, 3.63) is 21.9 Å². The maximum absolute atomic E-state index is 8.68. The molecule has 3 nitrogen and oxygen atoms in total. The van der Waals surface area contributed by atoms with E-state index in [0.29, 0.717) is 9.63 Å². The Bertz CT molecular complexity index is 271. The molecule has 0 saturated heterocycles. The molecule has 6 heteroatoms. The summed E-state index contributed by atoms with van der Waals surface area (Å²) in [5.74, 6) is 0. The summed E-state index contributed by atoms with van der Waals surface area (Å²) in [6.07, 6.45) is 1.33. The first kappa shape index (κ1) is 9.00. The van der Waals surface area contributed by atoms with Gasteiger partial charge in [-0.1, -0.05) is 11.6 Å². The largest absolute Gasteiger partial charge is 0.490 e. The lowest BCUT2D eigenvalue weighted by atomic mass is 9.82. The molecule has 0 aliphatic rings. The summed E-state index contributed by atoms with van der Waals surface area (Å²) in [5, 5.41) is 17.7. The van der Waals surface area contributed by atoms with E-state index in [4.69, 9.17) is 21.6 Å². The lowest BCUT2D eigenvalue weighted by Crippen LogP contribution is -2.30. The first-order chi connectivity index (χ1) is 5.11. The second-order valence-corrected chi connectivity index (χ2v) is 3.07. The minimum absolute atomic E-state index is 0.276. The Morgan fingerprint density at radius 2 is 2.18 bits per heavy atom. The summed E-state index contributed by atoms with van der Waals surface area (Å²) in [5.41, 5.74) is 0.276. The zero-order chi connectivity index (χ0) is 8.43. The molecule has 0 amide bonds. The standard InChI is InChI=1S/C5H4BBrClNO2/c7-5-4(8)1-3(2-9-5)6(10)11/h1-2,10-11H. The fourth-order valence-electron chi connectivity index (χ4n) is 0.577. The van der Waals surface area contributed by atoms with Crippen LogP contribution in [0.15, 0.2) is 16.9 Å². The summed E-state index contributed by atoms with van der Waals surface area (Å²) >= 11 is 8.70. The van der Waals surface area contributed by atoms with Crippen LogP contribution >= 0.6 is 27.5 Å². The molecule has 2 N–H and O–H groups in total. The van der Waals surface area contributed by atoms with Crippen molar-refractivity contribution in [2.75, 3.05) is 0 Å². The number of aromatic nitrogens is 1. The quantitative estimate of drug-likeness (QED) is 0.540. The van der Waals surface area contributed by atoms with Crippen LogP contribution in [0.1, 0.15) is 0 Å². The van der Waals surface area contributed by atoms with Gasteiger partial charge in [0.2, 0.25) is 0 Å². The van der Waals surface area contributed by atoms with Gasteiger partial charge in [0.05, 0.1) is 5.02 Å². The molecule has 1 aromatic rings. The van der Waals surface area contributed by atoms with Crippen LogP contribution in [0, 0.1) is 0 Å². The van der Waals surface area contributed by atoms with Gasteiger partial charge < -0.3 is 10.0 Å². The van der Waals surface area contributed by atoms with Gasteiger partial charge in [0.1, 0.15) is 4.60 Å². The topological polar surface area (TPSA) is 53.4 Å². The monoisotopic (exact) mass is 235 g/mol. The molecule has 0 aliphatic carbocycles. The number of rotatable bonds is 1. The van der Waals surface area contributed by atoms with Crippen LogP contribution in [-0.2, 0) is 0 Å². The predicted molar refractivity (Wildman–Crippen MR) is 46.8 cm³/mol. The molecular formula is C5H4BBrClNO2. The third kappa shape index (κ3) is 2.17. The number of pyridine rings is 1. The Morgan fingerprint density at radius 3 is 2.64 bits per heavy atom. The van der Waals surface area contributed by atoms with Gasteiger partial charge in [-0.3, -0.25) is 0 Å². The number of halogens is 2. The van der Waals surface area contributed by atoms with Gasteiger partial charge in [0.25, 0.3) is 0 Å².